The molecule has 0 saturated heterocycles. The summed E-state index contributed by atoms with van der Waals surface area (Å²) in [6.07, 6.45) is 1.70. The van der Waals surface area contributed by atoms with Gasteiger partial charge in [-0.15, -0.1) is 11.3 Å². The Morgan fingerprint density at radius 3 is 2.42 bits per heavy atom. The number of rotatable bonds is 7. The van der Waals surface area contributed by atoms with Crippen molar-refractivity contribution < 1.29 is 14.3 Å². The molecular weight excluding hydrogens is 474 g/mol. The van der Waals surface area contributed by atoms with Crippen LogP contribution in [0, 0.1) is 11.3 Å². The van der Waals surface area contributed by atoms with Crippen LogP contribution in [0.4, 0.5) is 5.69 Å². The molecule has 0 aliphatic carbocycles. The molecule has 1 aromatic heterocycles. The van der Waals surface area contributed by atoms with E-state index in [1.165, 1.54) is 4.57 Å². The maximum absolute atomic E-state index is 13.5. The number of thiazole rings is 1. The van der Waals surface area contributed by atoms with E-state index in [0.717, 1.165) is 11.3 Å². The zero-order valence-electron chi connectivity index (χ0n) is 19.7. The number of anilines is 1. The van der Waals surface area contributed by atoms with Gasteiger partial charge in [-0.2, -0.15) is 5.26 Å². The molecule has 8 heteroatoms. The van der Waals surface area contributed by atoms with Crippen molar-refractivity contribution in [2.45, 2.75) is 6.92 Å². The lowest BCUT2D eigenvalue weighted by Gasteiger charge is -2.07. The third-order valence-electron chi connectivity index (χ3n) is 5.24. The first kappa shape index (κ1) is 24.5. The minimum Gasteiger partial charge on any atom is -0.496 e. The van der Waals surface area contributed by atoms with Gasteiger partial charge in [0.2, 0.25) is 0 Å². The second-order valence-electron chi connectivity index (χ2n) is 7.53. The number of hydrogen-bond donors (Lipinski definition) is 1. The fourth-order valence-corrected chi connectivity index (χ4v) is 4.67. The lowest BCUT2D eigenvalue weighted by molar-refractivity contribution is -0.111. The smallest absolute Gasteiger partial charge is 0.273 e. The molecule has 0 aliphatic heterocycles. The average molecular weight is 498 g/mol. The van der Waals surface area contributed by atoms with Gasteiger partial charge in [0, 0.05) is 11.3 Å². The van der Waals surface area contributed by atoms with Crippen LogP contribution in [0.3, 0.4) is 0 Å². The molecule has 7 nitrogen and oxygen atoms in total. The highest BCUT2D eigenvalue weighted by molar-refractivity contribution is 7.07. The maximum atomic E-state index is 13.5. The van der Waals surface area contributed by atoms with Crippen LogP contribution in [0.2, 0.25) is 0 Å². The van der Waals surface area contributed by atoms with Crippen LogP contribution in [-0.2, 0) is 4.79 Å². The number of nitriles is 1. The number of nitrogens with zero attached hydrogens (tertiary/aromatic N) is 2. The van der Waals surface area contributed by atoms with Crippen LogP contribution in [0.15, 0.2) is 83.7 Å². The number of ether oxygens (including phenoxy) is 2. The predicted molar refractivity (Wildman–Crippen MR) is 141 cm³/mol. The van der Waals surface area contributed by atoms with Gasteiger partial charge in [0.05, 0.1) is 23.9 Å². The number of carbonyl (C=O) groups is 1. The second kappa shape index (κ2) is 11.2. The second-order valence-corrected chi connectivity index (χ2v) is 8.56. The molecular formula is C28H23N3O4S. The molecule has 1 amide bonds. The predicted octanol–water partition coefficient (Wildman–Crippen LogP) is 3.45. The number of carbonyl (C=O) groups excluding carboxylic acids is 1. The average Bonchev–Trinajstić information content (AvgIpc) is 3.21. The molecule has 1 N–H and O–H groups in total. The Balaban J connectivity index is 1.89. The van der Waals surface area contributed by atoms with Crippen LogP contribution >= 0.6 is 11.3 Å². The molecule has 1 heterocycles. The Morgan fingerprint density at radius 1 is 1.06 bits per heavy atom. The normalized spacial score (nSPS) is 12.0. The summed E-state index contributed by atoms with van der Waals surface area (Å²) in [6, 6.07) is 25.1. The van der Waals surface area contributed by atoms with Crippen LogP contribution in [0.25, 0.3) is 17.3 Å². The SMILES string of the molecule is CCOc1ccc(NC(=O)/C(C#N)=c2\s/c(=C/c3ccccc3OC)c(=O)n2-c2ccccc2)cc1. The first-order valence-corrected chi connectivity index (χ1v) is 12.0. The van der Waals surface area contributed by atoms with Gasteiger partial charge in [0.1, 0.15) is 22.2 Å². The van der Waals surface area contributed by atoms with E-state index in [1.807, 2.05) is 37.3 Å². The summed E-state index contributed by atoms with van der Waals surface area (Å²) in [5.74, 6) is 0.667. The molecule has 4 rings (SSSR count). The largest absolute Gasteiger partial charge is 0.496 e. The van der Waals surface area contributed by atoms with Gasteiger partial charge >= 0.3 is 0 Å². The first-order valence-electron chi connectivity index (χ1n) is 11.2. The van der Waals surface area contributed by atoms with Crippen molar-refractivity contribution >= 4 is 34.6 Å². The number of methoxy groups -OCH3 is 1. The summed E-state index contributed by atoms with van der Waals surface area (Å²) in [7, 11) is 1.56. The summed E-state index contributed by atoms with van der Waals surface area (Å²) in [5.41, 5.74) is 1.25. The molecule has 4 aromatic rings. The number of benzene rings is 3. The highest BCUT2D eigenvalue weighted by Crippen LogP contribution is 2.18. The quantitative estimate of drug-likeness (QED) is 0.422. The van der Waals surface area contributed by atoms with Crippen molar-refractivity contribution in [1.29, 1.82) is 5.26 Å². The molecule has 0 radical (unpaired) electrons. The van der Waals surface area contributed by atoms with Gasteiger partial charge in [-0.25, -0.2) is 0 Å². The van der Waals surface area contributed by atoms with Crippen molar-refractivity contribution in [3.05, 3.63) is 104 Å². The van der Waals surface area contributed by atoms with Crippen molar-refractivity contribution in [3.8, 4) is 23.3 Å². The van der Waals surface area contributed by atoms with Crippen molar-refractivity contribution in [2.75, 3.05) is 19.0 Å². The third kappa shape index (κ3) is 5.22. The van der Waals surface area contributed by atoms with Gasteiger partial charge in [-0.3, -0.25) is 14.2 Å². The van der Waals surface area contributed by atoms with E-state index in [4.69, 9.17) is 9.47 Å². The monoisotopic (exact) mass is 497 g/mol. The molecule has 0 atom stereocenters. The lowest BCUT2D eigenvalue weighted by Crippen LogP contribution is -2.32. The van der Waals surface area contributed by atoms with Crippen molar-refractivity contribution in [1.82, 2.24) is 4.57 Å². The Morgan fingerprint density at radius 2 is 1.75 bits per heavy atom. The number of nitrogens with one attached hydrogen (secondary N) is 1. The molecule has 0 bridgehead atoms. The Bertz CT molecular complexity index is 1600. The van der Waals surface area contributed by atoms with Gasteiger partial charge in [-0.1, -0.05) is 36.4 Å². The molecule has 0 spiro atoms. The van der Waals surface area contributed by atoms with E-state index in [2.05, 4.69) is 5.32 Å². The summed E-state index contributed by atoms with van der Waals surface area (Å²) < 4.78 is 12.8. The van der Waals surface area contributed by atoms with Crippen molar-refractivity contribution in [3.63, 3.8) is 0 Å². The lowest BCUT2D eigenvalue weighted by atomic mass is 10.2. The van der Waals surface area contributed by atoms with Crippen LogP contribution in [-0.4, -0.2) is 24.2 Å². The van der Waals surface area contributed by atoms with E-state index in [-0.39, 0.29) is 15.8 Å². The van der Waals surface area contributed by atoms with Crippen LogP contribution in [0.5, 0.6) is 11.5 Å². The van der Waals surface area contributed by atoms with Gasteiger partial charge in [0.15, 0.2) is 5.57 Å². The van der Waals surface area contributed by atoms with E-state index < -0.39 is 5.91 Å². The van der Waals surface area contributed by atoms with E-state index >= 15 is 0 Å². The Labute approximate surface area is 211 Å². The number of amides is 1. The van der Waals surface area contributed by atoms with E-state index in [1.54, 1.807) is 67.8 Å². The molecule has 3 aromatic carbocycles. The fourth-order valence-electron chi connectivity index (χ4n) is 3.58. The van der Waals surface area contributed by atoms with Gasteiger partial charge in [-0.05, 0) is 55.5 Å². The topological polar surface area (TPSA) is 93.3 Å². The van der Waals surface area contributed by atoms with Crippen LogP contribution in [0.1, 0.15) is 12.5 Å². The molecule has 0 saturated carbocycles. The summed E-state index contributed by atoms with van der Waals surface area (Å²) in [5, 5.41) is 12.7. The molecule has 180 valence electrons. The minimum atomic E-state index is -0.614. The molecule has 36 heavy (non-hydrogen) atoms. The summed E-state index contributed by atoms with van der Waals surface area (Å²) in [4.78, 5) is 26.7. The van der Waals surface area contributed by atoms with E-state index in [9.17, 15) is 14.9 Å². The fraction of sp³-hybridized carbons (Fsp3) is 0.107. The Hall–Kier alpha value is -4.61. The molecule has 0 fully saturated rings. The van der Waals surface area contributed by atoms with Crippen LogP contribution < -0.4 is 29.5 Å². The zero-order chi connectivity index (χ0) is 25.5. The Kier molecular flexibility index (Phi) is 7.63. The third-order valence-corrected chi connectivity index (χ3v) is 6.33. The summed E-state index contributed by atoms with van der Waals surface area (Å²) in [6.45, 7) is 2.42. The number of aromatic nitrogens is 1. The number of para-hydroxylation sites is 2. The maximum Gasteiger partial charge on any atom is 0.273 e. The standard InChI is InChI=1S/C28H23N3O4S/c1-3-35-22-15-13-20(14-16-22)30-26(32)23(18-29)28-31(21-10-5-4-6-11-21)27(33)25(36-28)17-19-9-7-8-12-24(19)34-2/h4-17H,3H2,1-2H3,(H,30,32)/b25-17+,28-23-. The summed E-state index contributed by atoms with van der Waals surface area (Å²) >= 11 is 1.07. The zero-order valence-corrected chi connectivity index (χ0v) is 20.5. The van der Waals surface area contributed by atoms with E-state index in [0.29, 0.717) is 39.6 Å². The highest BCUT2D eigenvalue weighted by Gasteiger charge is 2.17. The molecule has 0 aliphatic rings. The number of hydrogen-bond acceptors (Lipinski definition) is 6. The first-order chi connectivity index (χ1) is 17.5. The van der Waals surface area contributed by atoms with Crippen molar-refractivity contribution in [2.24, 2.45) is 0 Å². The highest BCUT2D eigenvalue weighted by atomic mass is 32.1. The minimum absolute atomic E-state index is 0.172. The molecule has 0 unspecified atom stereocenters. The van der Waals surface area contributed by atoms with Gasteiger partial charge in [0.25, 0.3) is 11.5 Å². The van der Waals surface area contributed by atoms with Gasteiger partial charge < -0.3 is 14.8 Å².